The molecule has 1 aromatic heterocycles. The highest BCUT2D eigenvalue weighted by atomic mass is 35.5. The van der Waals surface area contributed by atoms with Crippen LogP contribution in [-0.2, 0) is 6.54 Å². The van der Waals surface area contributed by atoms with Crippen LogP contribution in [0.3, 0.4) is 0 Å². The van der Waals surface area contributed by atoms with Crippen LogP contribution in [0, 0.1) is 0 Å². The van der Waals surface area contributed by atoms with Gasteiger partial charge in [-0.25, -0.2) is 4.98 Å². The van der Waals surface area contributed by atoms with Crippen molar-refractivity contribution in [2.75, 3.05) is 12.4 Å². The van der Waals surface area contributed by atoms with Crippen LogP contribution >= 0.6 is 22.9 Å². The summed E-state index contributed by atoms with van der Waals surface area (Å²) in [5.41, 5.74) is 1.40. The number of carbonyl (C=O) groups excluding carboxylic acids is 1. The van der Waals surface area contributed by atoms with Gasteiger partial charge >= 0.3 is 0 Å². The second-order valence-electron chi connectivity index (χ2n) is 5.10. The van der Waals surface area contributed by atoms with Crippen molar-refractivity contribution in [2.24, 2.45) is 0 Å². The summed E-state index contributed by atoms with van der Waals surface area (Å²) in [7, 11) is 1.61. The minimum absolute atomic E-state index is 0.0472. The van der Waals surface area contributed by atoms with E-state index in [1.54, 1.807) is 31.5 Å². The lowest BCUT2D eigenvalue weighted by atomic mass is 10.1. The molecule has 116 valence electrons. The van der Waals surface area contributed by atoms with E-state index in [9.17, 15) is 4.79 Å². The monoisotopic (exact) mass is 337 g/mol. The van der Waals surface area contributed by atoms with E-state index in [4.69, 9.17) is 16.3 Å². The summed E-state index contributed by atoms with van der Waals surface area (Å²) in [6, 6.07) is 5.71. The van der Waals surface area contributed by atoms with E-state index in [1.807, 2.05) is 0 Å². The number of nitrogens with zero attached hydrogens (tertiary/aromatic N) is 1. The molecule has 0 aliphatic heterocycles. The van der Waals surface area contributed by atoms with Crippen molar-refractivity contribution in [1.29, 1.82) is 0 Å². The van der Waals surface area contributed by atoms with Crippen LogP contribution < -0.4 is 15.4 Å². The summed E-state index contributed by atoms with van der Waals surface area (Å²) in [4.78, 5) is 17.1. The van der Waals surface area contributed by atoms with Crippen LogP contribution in [0.2, 0.25) is 4.47 Å². The lowest BCUT2D eigenvalue weighted by Crippen LogP contribution is -2.25. The molecule has 0 radical (unpaired) electrons. The number of ether oxygens (including phenoxy) is 1. The molecule has 1 aliphatic rings. The first-order valence-electron chi connectivity index (χ1n) is 6.98. The fraction of sp³-hybridized carbons (Fsp3) is 0.333. The molecule has 0 saturated heterocycles. The van der Waals surface area contributed by atoms with Crippen molar-refractivity contribution in [3.63, 3.8) is 0 Å². The topological polar surface area (TPSA) is 63.2 Å². The van der Waals surface area contributed by atoms with Crippen LogP contribution in [0.25, 0.3) is 0 Å². The molecule has 2 N–H and O–H groups in total. The van der Waals surface area contributed by atoms with E-state index in [1.165, 1.54) is 11.3 Å². The van der Waals surface area contributed by atoms with E-state index >= 15 is 0 Å². The number of hydrogen-bond donors (Lipinski definition) is 2. The number of anilines is 1. The third kappa shape index (κ3) is 3.69. The first-order chi connectivity index (χ1) is 10.7. The van der Waals surface area contributed by atoms with Gasteiger partial charge in [-0.3, -0.25) is 4.79 Å². The van der Waals surface area contributed by atoms with Gasteiger partial charge in [0.15, 0.2) is 4.47 Å². The molecule has 22 heavy (non-hydrogen) atoms. The number of rotatable bonds is 6. The number of halogens is 1. The second-order valence-corrected chi connectivity index (χ2v) is 6.79. The molecule has 5 nitrogen and oxygen atoms in total. The Kier molecular flexibility index (Phi) is 4.49. The number of nitrogens with one attached hydrogen (secondary N) is 2. The maximum Gasteiger partial charge on any atom is 0.251 e. The van der Waals surface area contributed by atoms with Gasteiger partial charge in [0.1, 0.15) is 5.75 Å². The lowest BCUT2D eigenvalue weighted by Gasteiger charge is -2.12. The SMILES string of the molecule is COc1ccc(C(=O)NC2CC2)cc1NCc1cnc(Cl)s1. The van der Waals surface area contributed by atoms with Crippen molar-refractivity contribution in [3.05, 3.63) is 39.3 Å². The number of methoxy groups -OCH3 is 1. The van der Waals surface area contributed by atoms with Gasteiger partial charge in [-0.05, 0) is 31.0 Å². The van der Waals surface area contributed by atoms with Crippen LogP contribution in [0.15, 0.2) is 24.4 Å². The van der Waals surface area contributed by atoms with Crippen molar-refractivity contribution in [2.45, 2.75) is 25.4 Å². The summed E-state index contributed by atoms with van der Waals surface area (Å²) >= 11 is 7.24. The molecule has 1 aromatic carbocycles. The van der Waals surface area contributed by atoms with E-state index in [-0.39, 0.29) is 5.91 Å². The number of hydrogen-bond acceptors (Lipinski definition) is 5. The lowest BCUT2D eigenvalue weighted by molar-refractivity contribution is 0.0951. The van der Waals surface area contributed by atoms with Crippen LogP contribution in [0.5, 0.6) is 5.75 Å². The maximum atomic E-state index is 12.1. The van der Waals surface area contributed by atoms with Crippen molar-refractivity contribution >= 4 is 34.5 Å². The molecular weight excluding hydrogens is 322 g/mol. The number of amides is 1. The average molecular weight is 338 g/mol. The van der Waals surface area contributed by atoms with Crippen molar-refractivity contribution in [3.8, 4) is 5.75 Å². The summed E-state index contributed by atoms with van der Waals surface area (Å²) < 4.78 is 5.85. The highest BCUT2D eigenvalue weighted by Gasteiger charge is 2.24. The molecule has 1 heterocycles. The molecule has 1 amide bonds. The Balaban J connectivity index is 1.73. The predicted octanol–water partition coefficient (Wildman–Crippen LogP) is 3.31. The largest absolute Gasteiger partial charge is 0.495 e. The van der Waals surface area contributed by atoms with Gasteiger partial charge < -0.3 is 15.4 Å². The zero-order chi connectivity index (χ0) is 15.5. The van der Waals surface area contributed by atoms with Gasteiger partial charge in [0.2, 0.25) is 0 Å². The first kappa shape index (κ1) is 15.1. The van der Waals surface area contributed by atoms with E-state index in [2.05, 4.69) is 15.6 Å². The molecular formula is C15H16ClN3O2S. The minimum Gasteiger partial charge on any atom is -0.495 e. The van der Waals surface area contributed by atoms with Crippen molar-refractivity contribution < 1.29 is 9.53 Å². The third-order valence-electron chi connectivity index (χ3n) is 3.35. The van der Waals surface area contributed by atoms with E-state index in [0.717, 1.165) is 23.4 Å². The minimum atomic E-state index is -0.0472. The molecule has 2 aromatic rings. The molecule has 3 rings (SSSR count). The number of thiazole rings is 1. The Morgan fingerprint density at radius 3 is 2.95 bits per heavy atom. The Labute approximate surface area is 137 Å². The Hall–Kier alpha value is -1.79. The standard InChI is InChI=1S/C15H16ClN3O2S/c1-21-13-5-2-9(14(20)19-10-3-4-10)6-12(13)17-7-11-8-18-15(16)22-11/h2,5-6,8,10,17H,3-4,7H2,1H3,(H,19,20). The fourth-order valence-electron chi connectivity index (χ4n) is 2.03. The molecule has 1 aliphatic carbocycles. The summed E-state index contributed by atoms with van der Waals surface area (Å²) in [5, 5.41) is 6.24. The summed E-state index contributed by atoms with van der Waals surface area (Å²) in [6.07, 6.45) is 3.87. The normalized spacial score (nSPS) is 13.7. The molecule has 1 fully saturated rings. The highest BCUT2D eigenvalue weighted by Crippen LogP contribution is 2.28. The predicted molar refractivity (Wildman–Crippen MR) is 87.9 cm³/mol. The van der Waals surface area contributed by atoms with Crippen LogP contribution in [0.4, 0.5) is 5.69 Å². The van der Waals surface area contributed by atoms with Gasteiger partial charge in [0.05, 0.1) is 19.3 Å². The zero-order valence-electron chi connectivity index (χ0n) is 12.1. The molecule has 0 atom stereocenters. The Morgan fingerprint density at radius 1 is 1.50 bits per heavy atom. The number of aromatic nitrogens is 1. The van der Waals surface area contributed by atoms with Crippen LogP contribution in [-0.4, -0.2) is 24.0 Å². The molecule has 1 saturated carbocycles. The maximum absolute atomic E-state index is 12.1. The van der Waals surface area contributed by atoms with Gasteiger partial charge in [-0.1, -0.05) is 11.6 Å². The van der Waals surface area contributed by atoms with Gasteiger partial charge in [-0.2, -0.15) is 0 Å². The van der Waals surface area contributed by atoms with E-state index in [0.29, 0.717) is 28.4 Å². The smallest absolute Gasteiger partial charge is 0.251 e. The van der Waals surface area contributed by atoms with Crippen molar-refractivity contribution in [1.82, 2.24) is 10.3 Å². The number of benzene rings is 1. The summed E-state index contributed by atoms with van der Waals surface area (Å²) in [6.45, 7) is 0.578. The quantitative estimate of drug-likeness (QED) is 0.849. The van der Waals surface area contributed by atoms with Gasteiger partial charge in [-0.15, -0.1) is 11.3 Å². The Bertz CT molecular complexity index is 685. The zero-order valence-corrected chi connectivity index (χ0v) is 13.6. The average Bonchev–Trinajstić information content (AvgIpc) is 3.24. The second kappa shape index (κ2) is 6.54. The Morgan fingerprint density at radius 2 is 2.32 bits per heavy atom. The number of carbonyl (C=O) groups is 1. The van der Waals surface area contributed by atoms with Gasteiger partial charge in [0.25, 0.3) is 5.91 Å². The summed E-state index contributed by atoms with van der Waals surface area (Å²) in [5.74, 6) is 0.646. The fourth-order valence-corrected chi connectivity index (χ4v) is 2.95. The molecule has 7 heteroatoms. The molecule has 0 spiro atoms. The first-order valence-corrected chi connectivity index (χ1v) is 8.18. The van der Waals surface area contributed by atoms with Crippen LogP contribution in [0.1, 0.15) is 28.1 Å². The van der Waals surface area contributed by atoms with Gasteiger partial charge in [0, 0.05) is 22.7 Å². The molecule has 0 unspecified atom stereocenters. The molecule has 0 bridgehead atoms. The highest BCUT2D eigenvalue weighted by molar-refractivity contribution is 7.15. The third-order valence-corrected chi connectivity index (χ3v) is 4.47. The van der Waals surface area contributed by atoms with E-state index < -0.39 is 0 Å².